The summed E-state index contributed by atoms with van der Waals surface area (Å²) in [5, 5.41) is 0. The van der Waals surface area contributed by atoms with Crippen LogP contribution in [0.2, 0.25) is 0 Å². The zero-order valence-electron chi connectivity index (χ0n) is 19.6. The molecule has 0 saturated carbocycles. The fourth-order valence-corrected chi connectivity index (χ4v) is 4.67. The van der Waals surface area contributed by atoms with E-state index in [2.05, 4.69) is 4.98 Å². The van der Waals surface area contributed by atoms with Crippen LogP contribution in [0.15, 0.2) is 63.9 Å². The van der Waals surface area contributed by atoms with Gasteiger partial charge in [0, 0.05) is 25.3 Å². The van der Waals surface area contributed by atoms with Crippen LogP contribution in [0.25, 0.3) is 11.1 Å². The fourth-order valence-electron chi connectivity index (χ4n) is 4.67. The highest BCUT2D eigenvalue weighted by Gasteiger charge is 2.29. The number of pyridine rings is 1. The number of ether oxygens (including phenoxy) is 1. The molecule has 0 N–H and O–H groups in total. The number of carbonyl (C=O) groups excluding carboxylic acids is 1. The first-order valence-corrected chi connectivity index (χ1v) is 11.5. The number of hydrogen-bond donors (Lipinski definition) is 0. The van der Waals surface area contributed by atoms with Crippen molar-refractivity contribution in [1.82, 2.24) is 14.5 Å². The molecule has 0 aliphatic carbocycles. The van der Waals surface area contributed by atoms with Gasteiger partial charge < -0.3 is 14.1 Å². The lowest BCUT2D eigenvalue weighted by atomic mass is 10.0. The van der Waals surface area contributed by atoms with Crippen LogP contribution in [0.4, 0.5) is 0 Å². The zero-order chi connectivity index (χ0) is 23.8. The topological polar surface area (TPSA) is 77.6 Å². The number of aromatic nitrogens is 2. The third kappa shape index (κ3) is 4.09. The molecule has 0 radical (unpaired) electrons. The standard InChI is InChI=1S/C27H27N3O4/c1-17-6-8-21(9-7-17)33-25-22(5-4-12-28-25)26(31)29-13-10-20(11-14-29)30-23-16-18(2)15-19(3)24(23)34-27(30)32/h4-9,12,15-16,20H,10-11,13-14H2,1-3H3. The number of nitrogens with zero attached hydrogens (tertiary/aromatic N) is 3. The van der Waals surface area contributed by atoms with E-state index in [0.717, 1.165) is 22.2 Å². The minimum atomic E-state index is -0.338. The first-order valence-electron chi connectivity index (χ1n) is 11.5. The first-order chi connectivity index (χ1) is 16.4. The summed E-state index contributed by atoms with van der Waals surface area (Å²) < 4.78 is 13.2. The number of oxazole rings is 1. The minimum Gasteiger partial charge on any atom is -0.438 e. The van der Waals surface area contributed by atoms with E-state index in [-0.39, 0.29) is 17.7 Å². The smallest absolute Gasteiger partial charge is 0.420 e. The lowest BCUT2D eigenvalue weighted by Gasteiger charge is -2.32. The van der Waals surface area contributed by atoms with E-state index >= 15 is 0 Å². The molecule has 1 fully saturated rings. The number of likely N-dealkylation sites (tertiary alicyclic amines) is 1. The third-order valence-corrected chi connectivity index (χ3v) is 6.40. The largest absolute Gasteiger partial charge is 0.438 e. The SMILES string of the molecule is Cc1ccc(Oc2ncccc2C(=O)N2CCC(n3c(=O)oc4c(C)cc(C)cc43)CC2)cc1. The number of rotatable bonds is 4. The van der Waals surface area contributed by atoms with Crippen LogP contribution in [0.3, 0.4) is 0 Å². The van der Waals surface area contributed by atoms with Crippen molar-refractivity contribution < 1.29 is 13.9 Å². The number of carbonyl (C=O) groups is 1. The van der Waals surface area contributed by atoms with Gasteiger partial charge in [-0.15, -0.1) is 0 Å². The summed E-state index contributed by atoms with van der Waals surface area (Å²) in [7, 11) is 0. The van der Waals surface area contributed by atoms with Gasteiger partial charge in [-0.2, -0.15) is 0 Å². The van der Waals surface area contributed by atoms with Crippen LogP contribution in [0.1, 0.15) is 45.9 Å². The fraction of sp³-hybridized carbons (Fsp3) is 0.296. The number of benzene rings is 2. The molecule has 1 aliphatic heterocycles. The molecule has 5 rings (SSSR count). The Bertz CT molecular complexity index is 1410. The number of fused-ring (bicyclic) bond motifs is 1. The second kappa shape index (κ2) is 8.82. The number of aryl methyl sites for hydroxylation is 3. The van der Waals surface area contributed by atoms with Gasteiger partial charge in [-0.25, -0.2) is 9.78 Å². The molecule has 7 heteroatoms. The van der Waals surface area contributed by atoms with Crippen molar-refractivity contribution in [1.29, 1.82) is 0 Å². The molecule has 3 heterocycles. The van der Waals surface area contributed by atoms with Gasteiger partial charge >= 0.3 is 5.76 Å². The van der Waals surface area contributed by atoms with Gasteiger partial charge in [0.1, 0.15) is 11.3 Å². The Morgan fingerprint density at radius 3 is 2.50 bits per heavy atom. The molecule has 0 bridgehead atoms. The summed E-state index contributed by atoms with van der Waals surface area (Å²) in [4.78, 5) is 32.1. The van der Waals surface area contributed by atoms with Gasteiger partial charge in [-0.3, -0.25) is 9.36 Å². The average Bonchev–Trinajstić information content (AvgIpc) is 3.16. The Morgan fingerprint density at radius 1 is 1.03 bits per heavy atom. The summed E-state index contributed by atoms with van der Waals surface area (Å²) in [6.07, 6.45) is 2.95. The van der Waals surface area contributed by atoms with E-state index in [0.29, 0.717) is 48.7 Å². The number of amides is 1. The predicted octanol–water partition coefficient (Wildman–Crippen LogP) is 5.18. The minimum absolute atomic E-state index is 0.0174. The molecule has 7 nitrogen and oxygen atoms in total. The maximum absolute atomic E-state index is 13.3. The molecule has 0 atom stereocenters. The van der Waals surface area contributed by atoms with Crippen LogP contribution >= 0.6 is 0 Å². The molecule has 1 aliphatic rings. The van der Waals surface area contributed by atoms with Crippen LogP contribution in [0, 0.1) is 20.8 Å². The predicted molar refractivity (Wildman–Crippen MR) is 130 cm³/mol. The van der Waals surface area contributed by atoms with Crippen molar-refractivity contribution in [3.63, 3.8) is 0 Å². The van der Waals surface area contributed by atoms with Gasteiger partial charge in [0.25, 0.3) is 5.91 Å². The van der Waals surface area contributed by atoms with Gasteiger partial charge in [0.2, 0.25) is 5.88 Å². The highest BCUT2D eigenvalue weighted by molar-refractivity contribution is 5.96. The van der Waals surface area contributed by atoms with E-state index in [1.807, 2.05) is 57.2 Å². The lowest BCUT2D eigenvalue weighted by Crippen LogP contribution is -2.40. The summed E-state index contributed by atoms with van der Waals surface area (Å²) >= 11 is 0. The molecule has 2 aromatic heterocycles. The molecule has 4 aromatic rings. The summed E-state index contributed by atoms with van der Waals surface area (Å²) in [6, 6.07) is 15.1. The second-order valence-corrected chi connectivity index (χ2v) is 8.96. The highest BCUT2D eigenvalue weighted by Crippen LogP contribution is 2.30. The summed E-state index contributed by atoms with van der Waals surface area (Å²) in [5.74, 6) is 0.467. The number of hydrogen-bond acceptors (Lipinski definition) is 5. The summed E-state index contributed by atoms with van der Waals surface area (Å²) in [6.45, 7) is 7.04. The van der Waals surface area contributed by atoms with E-state index in [9.17, 15) is 9.59 Å². The Morgan fingerprint density at radius 2 is 1.76 bits per heavy atom. The Hall–Kier alpha value is -3.87. The Balaban J connectivity index is 1.34. The maximum atomic E-state index is 13.3. The highest BCUT2D eigenvalue weighted by atomic mass is 16.5. The Kier molecular flexibility index (Phi) is 5.69. The normalized spacial score (nSPS) is 14.5. The molecule has 1 saturated heterocycles. The van der Waals surface area contributed by atoms with Crippen molar-refractivity contribution in [2.24, 2.45) is 0 Å². The third-order valence-electron chi connectivity index (χ3n) is 6.40. The van der Waals surface area contributed by atoms with Gasteiger partial charge in [0.15, 0.2) is 5.58 Å². The quantitative estimate of drug-likeness (QED) is 0.422. The molecule has 0 unspecified atom stereocenters. The van der Waals surface area contributed by atoms with E-state index in [4.69, 9.17) is 9.15 Å². The van der Waals surface area contributed by atoms with Gasteiger partial charge in [0.05, 0.1) is 5.52 Å². The van der Waals surface area contributed by atoms with Crippen LogP contribution in [-0.2, 0) is 0 Å². The van der Waals surface area contributed by atoms with Crippen LogP contribution < -0.4 is 10.5 Å². The molecule has 0 spiro atoms. The first kappa shape index (κ1) is 21.9. The Labute approximate surface area is 197 Å². The molecule has 174 valence electrons. The van der Waals surface area contributed by atoms with Crippen molar-refractivity contribution in [3.8, 4) is 11.6 Å². The average molecular weight is 458 g/mol. The number of piperidine rings is 1. The van der Waals surface area contributed by atoms with E-state index < -0.39 is 0 Å². The molecule has 2 aromatic carbocycles. The molecular weight excluding hydrogens is 430 g/mol. The van der Waals surface area contributed by atoms with Crippen LogP contribution in [0.5, 0.6) is 11.6 Å². The second-order valence-electron chi connectivity index (χ2n) is 8.96. The van der Waals surface area contributed by atoms with Crippen molar-refractivity contribution >= 4 is 17.0 Å². The lowest BCUT2D eigenvalue weighted by molar-refractivity contribution is 0.0690. The van der Waals surface area contributed by atoms with Crippen molar-refractivity contribution in [2.75, 3.05) is 13.1 Å². The van der Waals surface area contributed by atoms with Crippen LogP contribution in [-0.4, -0.2) is 33.4 Å². The zero-order valence-corrected chi connectivity index (χ0v) is 19.6. The van der Waals surface area contributed by atoms with E-state index in [1.165, 1.54) is 0 Å². The van der Waals surface area contributed by atoms with Gasteiger partial charge in [-0.1, -0.05) is 23.8 Å². The molecular formula is C27H27N3O4. The van der Waals surface area contributed by atoms with Crippen molar-refractivity contribution in [2.45, 2.75) is 39.7 Å². The maximum Gasteiger partial charge on any atom is 0.420 e. The van der Waals surface area contributed by atoms with E-state index in [1.54, 1.807) is 27.8 Å². The monoisotopic (exact) mass is 457 g/mol. The molecule has 1 amide bonds. The van der Waals surface area contributed by atoms with Gasteiger partial charge in [-0.05, 0) is 75.1 Å². The van der Waals surface area contributed by atoms with Crippen molar-refractivity contribution in [3.05, 3.63) is 87.5 Å². The summed E-state index contributed by atoms with van der Waals surface area (Å²) in [5.41, 5.74) is 5.07. The molecule has 34 heavy (non-hydrogen) atoms.